The van der Waals surface area contributed by atoms with Gasteiger partial charge in [-0.2, -0.15) is 19.6 Å². The molecule has 1 unspecified atom stereocenters. The van der Waals surface area contributed by atoms with Gasteiger partial charge in [0.1, 0.15) is 17.3 Å². The van der Waals surface area contributed by atoms with Crippen LogP contribution in [-0.4, -0.2) is 72.0 Å². The first-order valence-electron chi connectivity index (χ1n) is 15.8. The average Bonchev–Trinajstić information content (AvgIpc) is 3.37. The van der Waals surface area contributed by atoms with E-state index in [4.69, 9.17) is 24.2 Å². The second-order valence-corrected chi connectivity index (χ2v) is 14.5. The molecule has 2 aromatic heterocycles. The number of ether oxygens (including phenoxy) is 3. The number of benzene rings is 1. The van der Waals surface area contributed by atoms with Gasteiger partial charge in [0.2, 0.25) is 11.9 Å². The summed E-state index contributed by atoms with van der Waals surface area (Å²) in [5, 5.41) is 7.28. The number of rotatable bonds is 7. The zero-order valence-electron chi connectivity index (χ0n) is 29.1. The number of piperidine rings is 1. The lowest BCUT2D eigenvalue weighted by Gasteiger charge is -2.45. The molecule has 1 N–H and O–H groups in total. The number of fused-ring (bicyclic) bond motifs is 1. The quantitative estimate of drug-likeness (QED) is 0.268. The second kappa shape index (κ2) is 13.2. The highest BCUT2D eigenvalue weighted by molar-refractivity contribution is 6.00. The Labute approximate surface area is 276 Å². The Bertz CT molecular complexity index is 1650. The highest BCUT2D eigenvalue weighted by Gasteiger charge is 2.41. The maximum absolute atomic E-state index is 13.9. The largest absolute Gasteiger partial charge is 0.458 e. The molecule has 0 bridgehead atoms. The van der Waals surface area contributed by atoms with Gasteiger partial charge in [-0.15, -0.1) is 0 Å². The molecule has 1 aromatic carbocycles. The lowest BCUT2D eigenvalue weighted by atomic mass is 9.89. The van der Waals surface area contributed by atoms with Crippen molar-refractivity contribution in [3.63, 3.8) is 0 Å². The molecule has 3 amide bonds. The summed E-state index contributed by atoms with van der Waals surface area (Å²) >= 11 is 0. The van der Waals surface area contributed by atoms with Gasteiger partial charge >= 0.3 is 18.2 Å². The van der Waals surface area contributed by atoms with Crippen molar-refractivity contribution in [1.29, 1.82) is 0 Å². The maximum atomic E-state index is 13.9. The van der Waals surface area contributed by atoms with Crippen LogP contribution in [0.5, 0.6) is 6.01 Å². The molecule has 0 radical (unpaired) electrons. The van der Waals surface area contributed by atoms with Crippen molar-refractivity contribution in [2.24, 2.45) is 0 Å². The number of amides is 3. The van der Waals surface area contributed by atoms with Crippen molar-refractivity contribution in [1.82, 2.24) is 24.5 Å². The number of aromatic nitrogens is 4. The molecule has 3 aromatic rings. The third-order valence-corrected chi connectivity index (χ3v) is 7.39. The summed E-state index contributed by atoms with van der Waals surface area (Å²) in [6.45, 7) is 22.6. The van der Waals surface area contributed by atoms with Gasteiger partial charge in [-0.3, -0.25) is 9.69 Å². The molecule has 1 aliphatic rings. The van der Waals surface area contributed by atoms with Gasteiger partial charge in [0, 0.05) is 16.8 Å². The maximum Gasteiger partial charge on any atom is 0.421 e. The molecule has 13 nitrogen and oxygen atoms in total. The number of carbonyl (C=O) groups is 3. The van der Waals surface area contributed by atoms with Crippen LogP contribution in [0, 0.1) is 0 Å². The molecule has 254 valence electrons. The zero-order chi connectivity index (χ0) is 34.9. The van der Waals surface area contributed by atoms with E-state index in [0.29, 0.717) is 29.9 Å². The molecule has 0 aliphatic carbocycles. The second-order valence-electron chi connectivity index (χ2n) is 14.5. The van der Waals surface area contributed by atoms with Crippen LogP contribution in [0.3, 0.4) is 0 Å². The number of hydrogen-bond acceptors (Lipinski definition) is 9. The predicted octanol–water partition coefficient (Wildman–Crippen LogP) is 7.00. The number of nitrogens with zero attached hydrogens (tertiary/aromatic N) is 6. The van der Waals surface area contributed by atoms with E-state index in [2.05, 4.69) is 17.0 Å². The van der Waals surface area contributed by atoms with Crippen molar-refractivity contribution in [2.45, 2.75) is 111 Å². The lowest BCUT2D eigenvalue weighted by molar-refractivity contribution is -0.111. The number of likely N-dealkylation sites (tertiary alicyclic amines) is 1. The molecule has 1 fully saturated rings. The van der Waals surface area contributed by atoms with E-state index >= 15 is 0 Å². The molecule has 47 heavy (non-hydrogen) atoms. The first-order valence-corrected chi connectivity index (χ1v) is 15.8. The van der Waals surface area contributed by atoms with E-state index in [1.54, 1.807) is 56.1 Å². The Morgan fingerprint density at radius 2 is 1.77 bits per heavy atom. The number of carbonyl (C=O) groups excluding carboxylic acids is 3. The molecule has 13 heteroatoms. The topological polar surface area (TPSA) is 140 Å². The van der Waals surface area contributed by atoms with Crippen molar-refractivity contribution in [3.05, 3.63) is 48.7 Å². The zero-order valence-corrected chi connectivity index (χ0v) is 29.1. The highest BCUT2D eigenvalue weighted by Crippen LogP contribution is 2.34. The summed E-state index contributed by atoms with van der Waals surface area (Å²) in [4.78, 5) is 51.6. The summed E-state index contributed by atoms with van der Waals surface area (Å²) in [7, 11) is 0. The van der Waals surface area contributed by atoms with Gasteiger partial charge in [0.25, 0.3) is 0 Å². The molecule has 0 saturated carbocycles. The molecule has 1 atom stereocenters. The number of hydrogen-bond donors (Lipinski definition) is 1. The van der Waals surface area contributed by atoms with Crippen LogP contribution in [0.15, 0.2) is 43.1 Å². The Balaban J connectivity index is 1.82. The highest BCUT2D eigenvalue weighted by atomic mass is 16.6. The SMILES string of the molecule is C=CC(=O)Nc1cccc(N(C(=O)OC(C)(C)C)c2nc(OC3CCC(C)(C)N(C(=O)OC(C)(C)C)C3)nc3c(C(C)C)cnn23)c1. The molecule has 1 aliphatic heterocycles. The van der Waals surface area contributed by atoms with E-state index in [1.807, 2.05) is 48.5 Å². The van der Waals surface area contributed by atoms with Crippen LogP contribution in [0.2, 0.25) is 0 Å². The van der Waals surface area contributed by atoms with Crippen LogP contribution in [0.1, 0.15) is 93.6 Å². The Kier molecular flexibility index (Phi) is 9.88. The molecular formula is C34H47N7O6. The van der Waals surface area contributed by atoms with Crippen LogP contribution in [0.25, 0.3) is 5.65 Å². The Morgan fingerprint density at radius 3 is 2.38 bits per heavy atom. The third-order valence-electron chi connectivity index (χ3n) is 7.39. The Morgan fingerprint density at radius 1 is 1.09 bits per heavy atom. The summed E-state index contributed by atoms with van der Waals surface area (Å²) in [6, 6.07) is 6.70. The minimum Gasteiger partial charge on any atom is -0.458 e. The van der Waals surface area contributed by atoms with Crippen molar-refractivity contribution >= 4 is 41.1 Å². The first kappa shape index (κ1) is 35.2. The van der Waals surface area contributed by atoms with Gasteiger partial charge in [0.15, 0.2) is 5.65 Å². The predicted molar refractivity (Wildman–Crippen MR) is 179 cm³/mol. The minimum atomic E-state index is -0.845. The van der Waals surface area contributed by atoms with Gasteiger partial charge < -0.3 is 19.5 Å². The van der Waals surface area contributed by atoms with Crippen molar-refractivity contribution < 1.29 is 28.6 Å². The number of anilines is 3. The van der Waals surface area contributed by atoms with Crippen LogP contribution in [0.4, 0.5) is 26.9 Å². The third kappa shape index (κ3) is 8.57. The molecular weight excluding hydrogens is 602 g/mol. The summed E-state index contributed by atoms with van der Waals surface area (Å²) in [5.74, 6) is -0.303. The number of nitrogens with one attached hydrogen (secondary N) is 1. The molecule has 4 rings (SSSR count). The van der Waals surface area contributed by atoms with E-state index in [9.17, 15) is 14.4 Å². The van der Waals surface area contributed by atoms with E-state index in [1.165, 1.54) is 9.42 Å². The van der Waals surface area contributed by atoms with Crippen molar-refractivity contribution in [3.8, 4) is 6.01 Å². The summed E-state index contributed by atoms with van der Waals surface area (Å²) < 4.78 is 19.4. The summed E-state index contributed by atoms with van der Waals surface area (Å²) in [6.07, 6.45) is 2.52. The van der Waals surface area contributed by atoms with E-state index < -0.39 is 40.9 Å². The lowest BCUT2D eigenvalue weighted by Crippen LogP contribution is -2.57. The van der Waals surface area contributed by atoms with Crippen molar-refractivity contribution in [2.75, 3.05) is 16.8 Å². The first-order chi connectivity index (χ1) is 21.8. The van der Waals surface area contributed by atoms with Gasteiger partial charge in [-0.1, -0.05) is 26.5 Å². The van der Waals surface area contributed by atoms with Gasteiger partial charge in [-0.25, -0.2) is 14.5 Å². The van der Waals surface area contributed by atoms with E-state index in [0.717, 1.165) is 11.6 Å². The molecule has 0 spiro atoms. The average molecular weight is 650 g/mol. The summed E-state index contributed by atoms with van der Waals surface area (Å²) in [5.41, 5.74) is 0.0919. The van der Waals surface area contributed by atoms with Gasteiger partial charge in [0.05, 0.1) is 18.4 Å². The monoisotopic (exact) mass is 649 g/mol. The van der Waals surface area contributed by atoms with Crippen LogP contribution in [-0.2, 0) is 14.3 Å². The fourth-order valence-electron chi connectivity index (χ4n) is 5.07. The molecule has 1 saturated heterocycles. The Hall–Kier alpha value is -4.68. The standard InChI is InChI=1S/C34H47N7O6/c1-12-26(42)36-22-14-13-15-23(18-22)40(31(44)47-33(7,8)9)29-38-28(37-27-25(21(2)3)19-35-41(27)29)45-24-16-17-34(10,11)39(20-24)30(43)46-32(4,5)6/h12-15,18-19,21,24H,1,16-17,20H2,2-11H3,(H,36,42). The fraction of sp³-hybridized carbons (Fsp3) is 0.529. The minimum absolute atomic E-state index is 0.00779. The smallest absolute Gasteiger partial charge is 0.421 e. The van der Waals surface area contributed by atoms with Gasteiger partial charge in [-0.05, 0) is 98.4 Å². The van der Waals surface area contributed by atoms with Crippen LogP contribution >= 0.6 is 0 Å². The molecule has 3 heterocycles. The van der Waals surface area contributed by atoms with E-state index in [-0.39, 0.29) is 24.4 Å². The van der Waals surface area contributed by atoms with Crippen LogP contribution < -0.4 is 15.0 Å². The fourth-order valence-corrected chi connectivity index (χ4v) is 5.07. The normalized spacial score (nSPS) is 16.5.